The van der Waals surface area contributed by atoms with Crippen molar-refractivity contribution < 1.29 is 13.2 Å². The minimum atomic E-state index is -3.64. The number of halogens is 1. The van der Waals surface area contributed by atoms with Gasteiger partial charge >= 0.3 is 0 Å². The van der Waals surface area contributed by atoms with Crippen molar-refractivity contribution in [2.75, 3.05) is 6.54 Å². The van der Waals surface area contributed by atoms with E-state index >= 15 is 0 Å². The van der Waals surface area contributed by atoms with E-state index in [4.69, 9.17) is 11.6 Å². The number of carbonyl (C=O) groups excluding carboxylic acids is 1. The number of nitrogens with one attached hydrogen (secondary N) is 1. The highest BCUT2D eigenvalue weighted by molar-refractivity contribution is 7.91. The summed E-state index contributed by atoms with van der Waals surface area (Å²) in [6, 6.07) is 9.97. The molecule has 1 aromatic heterocycles. The molecule has 2 heterocycles. The molecule has 134 valence electrons. The Hall–Kier alpha value is -1.41. The Kier molecular flexibility index (Phi) is 5.48. The summed E-state index contributed by atoms with van der Waals surface area (Å²) in [5, 5.41) is 3.39. The minimum absolute atomic E-state index is 0.279. The normalized spacial score (nSPS) is 18.4. The van der Waals surface area contributed by atoms with Gasteiger partial charge in [0.25, 0.3) is 10.0 Å². The monoisotopic (exact) mass is 398 g/mol. The maximum atomic E-state index is 12.8. The third kappa shape index (κ3) is 3.89. The Bertz CT molecular complexity index is 880. The number of amides is 1. The van der Waals surface area contributed by atoms with Gasteiger partial charge in [0.2, 0.25) is 5.91 Å². The highest BCUT2D eigenvalue weighted by Gasteiger charge is 2.39. The molecule has 25 heavy (non-hydrogen) atoms. The summed E-state index contributed by atoms with van der Waals surface area (Å²) in [5.74, 6) is -0.283. The predicted octanol–water partition coefficient (Wildman–Crippen LogP) is 3.18. The zero-order valence-corrected chi connectivity index (χ0v) is 16.1. The second-order valence-electron chi connectivity index (χ2n) is 5.95. The molecule has 0 bridgehead atoms. The van der Waals surface area contributed by atoms with Gasteiger partial charge in [0.05, 0.1) is 0 Å². The van der Waals surface area contributed by atoms with Crippen molar-refractivity contribution in [3.8, 4) is 0 Å². The maximum absolute atomic E-state index is 12.8. The Balaban J connectivity index is 1.73. The molecule has 1 amide bonds. The molecule has 1 aliphatic rings. The lowest BCUT2D eigenvalue weighted by molar-refractivity contribution is -0.124. The highest BCUT2D eigenvalue weighted by Crippen LogP contribution is 2.30. The van der Waals surface area contributed by atoms with Gasteiger partial charge in [0.1, 0.15) is 10.3 Å². The van der Waals surface area contributed by atoms with E-state index in [1.54, 1.807) is 18.2 Å². The molecule has 2 aromatic rings. The number of carbonyl (C=O) groups is 1. The van der Waals surface area contributed by atoms with Gasteiger partial charge in [-0.1, -0.05) is 29.8 Å². The van der Waals surface area contributed by atoms with Crippen LogP contribution in [-0.2, 0) is 21.4 Å². The largest absolute Gasteiger partial charge is 0.351 e. The van der Waals surface area contributed by atoms with Crippen molar-refractivity contribution in [1.82, 2.24) is 9.62 Å². The lowest BCUT2D eigenvalue weighted by atomic mass is 10.2. The average molecular weight is 399 g/mol. The van der Waals surface area contributed by atoms with Crippen LogP contribution < -0.4 is 5.32 Å². The van der Waals surface area contributed by atoms with E-state index in [1.165, 1.54) is 15.6 Å². The standard InChI is InChI=1S/C17H19ClN2O3S2/c1-12-8-9-16(24-12)25(22,23)20-10-4-7-15(20)17(21)19-11-13-5-2-3-6-14(13)18/h2-3,5-6,8-9,15H,4,7,10-11H2,1H3,(H,19,21)/t15-/m1/s1. The summed E-state index contributed by atoms with van der Waals surface area (Å²) in [7, 11) is -3.64. The summed E-state index contributed by atoms with van der Waals surface area (Å²) >= 11 is 7.32. The third-order valence-corrected chi connectivity index (χ3v) is 7.94. The molecule has 3 rings (SSSR count). The molecule has 1 N–H and O–H groups in total. The van der Waals surface area contributed by atoms with Crippen molar-refractivity contribution in [2.45, 2.75) is 36.6 Å². The minimum Gasteiger partial charge on any atom is -0.351 e. The molecule has 1 fully saturated rings. The third-order valence-electron chi connectivity index (χ3n) is 4.20. The molecule has 0 saturated carbocycles. The first-order valence-electron chi connectivity index (χ1n) is 7.99. The number of hydrogen-bond donors (Lipinski definition) is 1. The fourth-order valence-electron chi connectivity index (χ4n) is 2.90. The van der Waals surface area contributed by atoms with Crippen LogP contribution in [0.2, 0.25) is 5.02 Å². The predicted molar refractivity (Wildman–Crippen MR) is 99.3 cm³/mol. The number of hydrogen-bond acceptors (Lipinski definition) is 4. The van der Waals surface area contributed by atoms with E-state index < -0.39 is 16.1 Å². The Labute approximate surface area is 156 Å². The molecule has 8 heteroatoms. The summed E-state index contributed by atoms with van der Waals surface area (Å²) in [5.41, 5.74) is 0.804. The van der Waals surface area contributed by atoms with Gasteiger partial charge in [-0.15, -0.1) is 11.3 Å². The maximum Gasteiger partial charge on any atom is 0.253 e. The molecule has 0 spiro atoms. The van der Waals surface area contributed by atoms with Crippen LogP contribution >= 0.6 is 22.9 Å². The molecule has 1 saturated heterocycles. The molecular weight excluding hydrogens is 380 g/mol. The van der Waals surface area contributed by atoms with Crippen molar-refractivity contribution in [1.29, 1.82) is 0 Å². The van der Waals surface area contributed by atoms with Crippen LogP contribution in [0.1, 0.15) is 23.3 Å². The van der Waals surface area contributed by atoms with Crippen molar-refractivity contribution in [3.63, 3.8) is 0 Å². The number of aryl methyl sites for hydroxylation is 1. The molecule has 5 nitrogen and oxygen atoms in total. The Morgan fingerprint density at radius 3 is 2.76 bits per heavy atom. The van der Waals surface area contributed by atoms with Crippen LogP contribution in [0, 0.1) is 6.92 Å². The van der Waals surface area contributed by atoms with Gasteiger partial charge in [0, 0.05) is 23.0 Å². The van der Waals surface area contributed by atoms with E-state index in [1.807, 2.05) is 25.1 Å². The van der Waals surface area contributed by atoms with Gasteiger partial charge in [-0.2, -0.15) is 4.31 Å². The second-order valence-corrected chi connectivity index (χ2v) is 9.76. The molecule has 0 radical (unpaired) electrons. The zero-order chi connectivity index (χ0) is 18.0. The van der Waals surface area contributed by atoms with Crippen molar-refractivity contribution >= 4 is 38.9 Å². The quantitative estimate of drug-likeness (QED) is 0.841. The Morgan fingerprint density at radius 1 is 1.32 bits per heavy atom. The van der Waals surface area contributed by atoms with Crippen molar-refractivity contribution in [2.24, 2.45) is 0 Å². The van der Waals surface area contributed by atoms with Gasteiger partial charge in [-0.3, -0.25) is 4.79 Å². The van der Waals surface area contributed by atoms with Crippen LogP contribution in [0.15, 0.2) is 40.6 Å². The lowest BCUT2D eigenvalue weighted by Gasteiger charge is -2.22. The van der Waals surface area contributed by atoms with Crippen molar-refractivity contribution in [3.05, 3.63) is 51.9 Å². The highest BCUT2D eigenvalue weighted by atomic mass is 35.5. The fraction of sp³-hybridized carbons (Fsp3) is 0.353. The number of sulfonamides is 1. The van der Waals surface area contributed by atoms with E-state index in [2.05, 4.69) is 5.32 Å². The molecule has 1 aliphatic heterocycles. The summed E-state index contributed by atoms with van der Waals surface area (Å²) < 4.78 is 27.3. The number of rotatable bonds is 5. The first-order valence-corrected chi connectivity index (χ1v) is 10.6. The molecule has 0 unspecified atom stereocenters. The first-order chi connectivity index (χ1) is 11.9. The van der Waals surface area contributed by atoms with E-state index in [9.17, 15) is 13.2 Å². The first kappa shape index (κ1) is 18.4. The van der Waals surface area contributed by atoms with Crippen LogP contribution in [0.5, 0.6) is 0 Å². The van der Waals surface area contributed by atoms with Gasteiger partial charge in [-0.05, 0) is 43.5 Å². The molecule has 1 atom stereocenters. The number of benzene rings is 1. The smallest absolute Gasteiger partial charge is 0.253 e. The number of nitrogens with zero attached hydrogens (tertiary/aromatic N) is 1. The second kappa shape index (κ2) is 7.45. The summed E-state index contributed by atoms with van der Waals surface area (Å²) in [4.78, 5) is 13.5. The van der Waals surface area contributed by atoms with Gasteiger partial charge < -0.3 is 5.32 Å². The van der Waals surface area contributed by atoms with Crippen LogP contribution in [-0.4, -0.2) is 31.2 Å². The van der Waals surface area contributed by atoms with Gasteiger partial charge in [-0.25, -0.2) is 8.42 Å². The molecule has 0 aliphatic carbocycles. The topological polar surface area (TPSA) is 66.5 Å². The van der Waals surface area contributed by atoms with Crippen LogP contribution in [0.25, 0.3) is 0 Å². The van der Waals surface area contributed by atoms with Crippen LogP contribution in [0.4, 0.5) is 0 Å². The molecule has 1 aromatic carbocycles. The SMILES string of the molecule is Cc1ccc(S(=O)(=O)N2CCC[C@@H]2C(=O)NCc2ccccc2Cl)s1. The summed E-state index contributed by atoms with van der Waals surface area (Å²) in [6.45, 7) is 2.51. The molecular formula is C17H19ClN2O3S2. The van der Waals surface area contributed by atoms with Gasteiger partial charge in [0.15, 0.2) is 0 Å². The number of thiophene rings is 1. The average Bonchev–Trinajstić information content (AvgIpc) is 3.23. The zero-order valence-electron chi connectivity index (χ0n) is 13.7. The van der Waals surface area contributed by atoms with Crippen LogP contribution in [0.3, 0.4) is 0 Å². The van der Waals surface area contributed by atoms with E-state index in [0.29, 0.717) is 24.4 Å². The van der Waals surface area contributed by atoms with E-state index in [0.717, 1.165) is 10.4 Å². The fourth-order valence-corrected chi connectivity index (χ4v) is 6.17. The lowest BCUT2D eigenvalue weighted by Crippen LogP contribution is -2.45. The van der Waals surface area contributed by atoms with E-state index in [-0.39, 0.29) is 16.7 Å². The Morgan fingerprint density at radius 2 is 2.08 bits per heavy atom. The summed E-state index contributed by atoms with van der Waals surface area (Å²) in [6.07, 6.45) is 1.20.